The van der Waals surface area contributed by atoms with E-state index < -0.39 is 0 Å². The minimum absolute atomic E-state index is 0.435. The van der Waals surface area contributed by atoms with Crippen molar-refractivity contribution in [3.05, 3.63) is 30.2 Å². The van der Waals surface area contributed by atoms with Crippen LogP contribution in [0.3, 0.4) is 0 Å². The van der Waals surface area contributed by atoms with Gasteiger partial charge in [0.1, 0.15) is 0 Å². The summed E-state index contributed by atoms with van der Waals surface area (Å²) in [5.74, 6) is 0.435. The Balaban J connectivity index is 2.46. The van der Waals surface area contributed by atoms with Crippen molar-refractivity contribution in [1.82, 2.24) is 15.0 Å². The van der Waals surface area contributed by atoms with Gasteiger partial charge in [0.05, 0.1) is 11.9 Å². The maximum Gasteiger partial charge on any atom is 0.197 e. The summed E-state index contributed by atoms with van der Waals surface area (Å²) in [5.41, 5.74) is 8.42. The van der Waals surface area contributed by atoms with E-state index in [1.54, 1.807) is 12.4 Å². The monoisotopic (exact) mass is 174 g/mol. The fraction of sp³-hybridized carbons (Fsp3) is 0.111. The number of hydrogen-bond donors (Lipinski definition) is 2. The highest BCUT2D eigenvalue weighted by molar-refractivity contribution is 5.59. The molecule has 2 rings (SSSR count). The first kappa shape index (κ1) is 7.79. The van der Waals surface area contributed by atoms with Crippen molar-refractivity contribution in [2.24, 2.45) is 0 Å². The van der Waals surface area contributed by atoms with Crippen LogP contribution in [0.15, 0.2) is 24.5 Å². The molecule has 13 heavy (non-hydrogen) atoms. The third-order valence-corrected chi connectivity index (χ3v) is 1.80. The van der Waals surface area contributed by atoms with Gasteiger partial charge < -0.3 is 10.7 Å². The molecule has 0 radical (unpaired) electrons. The number of pyridine rings is 1. The number of anilines is 1. The number of aromatic amines is 1. The van der Waals surface area contributed by atoms with E-state index in [0.29, 0.717) is 5.95 Å². The van der Waals surface area contributed by atoms with Crippen molar-refractivity contribution in [1.29, 1.82) is 0 Å². The van der Waals surface area contributed by atoms with E-state index in [2.05, 4.69) is 15.0 Å². The van der Waals surface area contributed by atoms with Gasteiger partial charge in [0.2, 0.25) is 0 Å². The summed E-state index contributed by atoms with van der Waals surface area (Å²) in [6, 6.07) is 3.90. The fourth-order valence-corrected chi connectivity index (χ4v) is 1.20. The van der Waals surface area contributed by atoms with Gasteiger partial charge >= 0.3 is 0 Å². The molecule has 0 atom stereocenters. The number of aromatic nitrogens is 3. The van der Waals surface area contributed by atoms with Crippen LogP contribution >= 0.6 is 0 Å². The van der Waals surface area contributed by atoms with E-state index in [0.717, 1.165) is 17.0 Å². The molecular weight excluding hydrogens is 164 g/mol. The van der Waals surface area contributed by atoms with Crippen LogP contribution in [-0.4, -0.2) is 15.0 Å². The highest BCUT2D eigenvalue weighted by Crippen LogP contribution is 2.17. The lowest BCUT2D eigenvalue weighted by Crippen LogP contribution is -1.86. The van der Waals surface area contributed by atoms with E-state index >= 15 is 0 Å². The van der Waals surface area contributed by atoms with Crippen molar-refractivity contribution in [2.75, 3.05) is 5.73 Å². The van der Waals surface area contributed by atoms with Crippen molar-refractivity contribution in [3.63, 3.8) is 0 Å². The van der Waals surface area contributed by atoms with E-state index in [1.807, 2.05) is 19.1 Å². The van der Waals surface area contributed by atoms with Crippen molar-refractivity contribution in [2.45, 2.75) is 6.92 Å². The molecule has 2 heterocycles. The molecule has 0 aliphatic rings. The molecule has 0 unspecified atom stereocenters. The second-order valence-corrected chi connectivity index (χ2v) is 2.87. The maximum absolute atomic E-state index is 5.47. The molecule has 4 nitrogen and oxygen atoms in total. The predicted molar refractivity (Wildman–Crippen MR) is 51.0 cm³/mol. The van der Waals surface area contributed by atoms with E-state index in [-0.39, 0.29) is 0 Å². The Hall–Kier alpha value is -1.84. The third-order valence-electron chi connectivity index (χ3n) is 1.80. The molecule has 0 spiro atoms. The Bertz CT molecular complexity index is 419. The Kier molecular flexibility index (Phi) is 1.73. The van der Waals surface area contributed by atoms with Gasteiger partial charge in [-0.1, -0.05) is 0 Å². The normalized spacial score (nSPS) is 10.2. The van der Waals surface area contributed by atoms with Crippen LogP contribution in [-0.2, 0) is 0 Å². The van der Waals surface area contributed by atoms with Gasteiger partial charge in [0.15, 0.2) is 5.95 Å². The molecule has 2 aromatic rings. The quantitative estimate of drug-likeness (QED) is 0.686. The first-order valence-corrected chi connectivity index (χ1v) is 3.99. The number of nitrogen functional groups attached to an aromatic ring is 1. The Morgan fingerprint density at radius 1 is 1.38 bits per heavy atom. The summed E-state index contributed by atoms with van der Waals surface area (Å²) in [5, 5.41) is 0. The smallest absolute Gasteiger partial charge is 0.197 e. The maximum atomic E-state index is 5.47. The zero-order chi connectivity index (χ0) is 9.26. The summed E-state index contributed by atoms with van der Waals surface area (Å²) in [7, 11) is 0. The molecule has 3 N–H and O–H groups in total. The molecule has 0 bridgehead atoms. The van der Waals surface area contributed by atoms with Gasteiger partial charge in [0, 0.05) is 17.5 Å². The first-order chi connectivity index (χ1) is 6.25. The fourth-order valence-electron chi connectivity index (χ4n) is 1.20. The van der Waals surface area contributed by atoms with Gasteiger partial charge in [0.25, 0.3) is 0 Å². The first-order valence-electron chi connectivity index (χ1n) is 3.99. The zero-order valence-electron chi connectivity index (χ0n) is 7.28. The standard InChI is InChI=1S/C9H10N4/c1-6-4-7(2-3-11-6)8-5-12-9(10)13-8/h2-5H,1H3,(H3,10,12,13). The lowest BCUT2D eigenvalue weighted by molar-refractivity contribution is 1.20. The van der Waals surface area contributed by atoms with Crippen LogP contribution in [0.1, 0.15) is 5.69 Å². The van der Waals surface area contributed by atoms with Crippen molar-refractivity contribution >= 4 is 5.95 Å². The zero-order valence-corrected chi connectivity index (χ0v) is 7.28. The number of imidazole rings is 1. The van der Waals surface area contributed by atoms with Crippen LogP contribution in [0.25, 0.3) is 11.3 Å². The number of rotatable bonds is 1. The highest BCUT2D eigenvalue weighted by atomic mass is 15.0. The van der Waals surface area contributed by atoms with Crippen LogP contribution in [0, 0.1) is 6.92 Å². The van der Waals surface area contributed by atoms with E-state index in [4.69, 9.17) is 5.73 Å². The summed E-state index contributed by atoms with van der Waals surface area (Å²) in [4.78, 5) is 11.0. The van der Waals surface area contributed by atoms with Crippen LogP contribution in [0.4, 0.5) is 5.95 Å². The summed E-state index contributed by atoms with van der Waals surface area (Å²) < 4.78 is 0. The van der Waals surface area contributed by atoms with Crippen LogP contribution in [0.2, 0.25) is 0 Å². The number of nitrogens with two attached hydrogens (primary N) is 1. The molecule has 66 valence electrons. The average molecular weight is 174 g/mol. The second-order valence-electron chi connectivity index (χ2n) is 2.87. The molecule has 0 aliphatic heterocycles. The lowest BCUT2D eigenvalue weighted by Gasteiger charge is -1.97. The highest BCUT2D eigenvalue weighted by Gasteiger charge is 2.00. The number of aryl methyl sites for hydroxylation is 1. The Labute approximate surface area is 75.8 Å². The topological polar surface area (TPSA) is 67.6 Å². The van der Waals surface area contributed by atoms with Crippen LogP contribution in [0.5, 0.6) is 0 Å². The SMILES string of the molecule is Cc1cc(-c2cnc(N)[nH]2)ccn1. The minimum atomic E-state index is 0.435. The van der Waals surface area contributed by atoms with Crippen molar-refractivity contribution < 1.29 is 0 Å². The molecule has 4 heteroatoms. The Morgan fingerprint density at radius 2 is 2.23 bits per heavy atom. The van der Waals surface area contributed by atoms with Gasteiger partial charge in [-0.15, -0.1) is 0 Å². The van der Waals surface area contributed by atoms with E-state index in [9.17, 15) is 0 Å². The number of nitrogens with zero attached hydrogens (tertiary/aromatic N) is 2. The van der Waals surface area contributed by atoms with E-state index in [1.165, 1.54) is 0 Å². The molecule has 0 saturated carbocycles. The second kappa shape index (κ2) is 2.90. The third kappa shape index (κ3) is 1.51. The number of hydrogen-bond acceptors (Lipinski definition) is 3. The largest absolute Gasteiger partial charge is 0.369 e. The summed E-state index contributed by atoms with van der Waals surface area (Å²) in [6.07, 6.45) is 3.48. The van der Waals surface area contributed by atoms with Gasteiger partial charge in [-0.05, 0) is 19.1 Å². The average Bonchev–Trinajstić information content (AvgIpc) is 2.52. The Morgan fingerprint density at radius 3 is 2.85 bits per heavy atom. The van der Waals surface area contributed by atoms with Crippen LogP contribution < -0.4 is 5.73 Å². The number of nitrogens with one attached hydrogen (secondary N) is 1. The molecule has 2 aromatic heterocycles. The molecular formula is C9H10N4. The summed E-state index contributed by atoms with van der Waals surface area (Å²) >= 11 is 0. The van der Waals surface area contributed by atoms with Gasteiger partial charge in [-0.25, -0.2) is 4.98 Å². The summed E-state index contributed by atoms with van der Waals surface area (Å²) in [6.45, 7) is 1.95. The molecule has 0 saturated heterocycles. The van der Waals surface area contributed by atoms with Gasteiger partial charge in [-0.2, -0.15) is 0 Å². The predicted octanol–water partition coefficient (Wildman–Crippen LogP) is 1.36. The van der Waals surface area contributed by atoms with Gasteiger partial charge in [-0.3, -0.25) is 4.98 Å². The molecule has 0 aromatic carbocycles. The number of H-pyrrole nitrogens is 1. The van der Waals surface area contributed by atoms with Crippen molar-refractivity contribution in [3.8, 4) is 11.3 Å². The molecule has 0 aliphatic carbocycles. The lowest BCUT2D eigenvalue weighted by atomic mass is 10.2. The molecule has 0 fully saturated rings. The minimum Gasteiger partial charge on any atom is -0.369 e. The molecule has 0 amide bonds.